The van der Waals surface area contributed by atoms with Gasteiger partial charge in [0.25, 0.3) is 0 Å². The number of unbranched alkanes of at least 4 members (excludes halogenated alkanes) is 35. The van der Waals surface area contributed by atoms with Gasteiger partial charge in [0.15, 0.2) is 0 Å². The number of nitrogens with one attached hydrogen (secondary N) is 1. The fourth-order valence-electron chi connectivity index (χ4n) is 8.84. The highest BCUT2D eigenvalue weighted by atomic mass is 16.5. The van der Waals surface area contributed by atoms with Crippen molar-refractivity contribution in [2.45, 2.75) is 322 Å². The zero-order valence-electron chi connectivity index (χ0n) is 43.6. The van der Waals surface area contributed by atoms with Gasteiger partial charge in [-0.3, -0.25) is 9.59 Å². The van der Waals surface area contributed by atoms with Crippen molar-refractivity contribution in [2.75, 3.05) is 6.61 Å². The summed E-state index contributed by atoms with van der Waals surface area (Å²) < 4.78 is 5.93. The Hall–Kier alpha value is -1.92. The lowest BCUT2D eigenvalue weighted by atomic mass is 10.0. The van der Waals surface area contributed by atoms with Crippen LogP contribution in [0.4, 0.5) is 0 Å². The van der Waals surface area contributed by atoms with Gasteiger partial charge >= 0.3 is 5.97 Å². The molecule has 6 heteroatoms. The molecule has 0 heterocycles. The largest absolute Gasteiger partial charge is 0.462 e. The van der Waals surface area contributed by atoms with Crippen LogP contribution in [0.25, 0.3) is 0 Å². The van der Waals surface area contributed by atoms with Crippen molar-refractivity contribution >= 4 is 11.9 Å². The van der Waals surface area contributed by atoms with Gasteiger partial charge in [0.05, 0.1) is 25.2 Å². The van der Waals surface area contributed by atoms with E-state index in [4.69, 9.17) is 4.74 Å². The molecule has 0 bridgehead atoms. The molecule has 65 heavy (non-hydrogen) atoms. The van der Waals surface area contributed by atoms with Crippen molar-refractivity contribution in [1.82, 2.24) is 5.32 Å². The van der Waals surface area contributed by atoms with Gasteiger partial charge in [0.2, 0.25) is 5.91 Å². The monoisotopic (exact) mass is 914 g/mol. The van der Waals surface area contributed by atoms with E-state index in [9.17, 15) is 19.8 Å². The number of allylic oxidation sites excluding steroid dienone is 6. The van der Waals surface area contributed by atoms with Crippen LogP contribution in [0, 0.1) is 0 Å². The molecule has 3 N–H and O–H groups in total. The van der Waals surface area contributed by atoms with Crippen LogP contribution in [-0.2, 0) is 14.3 Å². The molecule has 0 fully saturated rings. The molecule has 0 aliphatic carbocycles. The van der Waals surface area contributed by atoms with E-state index in [0.29, 0.717) is 19.3 Å². The molecule has 6 nitrogen and oxygen atoms in total. The molecule has 0 aliphatic heterocycles. The minimum atomic E-state index is -0.798. The summed E-state index contributed by atoms with van der Waals surface area (Å²) in [6.07, 6.45) is 63.6. The minimum Gasteiger partial charge on any atom is -0.462 e. The van der Waals surface area contributed by atoms with Gasteiger partial charge in [0, 0.05) is 6.42 Å². The van der Waals surface area contributed by atoms with Crippen molar-refractivity contribution in [3.63, 3.8) is 0 Å². The van der Waals surface area contributed by atoms with Gasteiger partial charge in [-0.1, -0.05) is 256 Å². The Kier molecular flexibility index (Phi) is 51.5. The quantitative estimate of drug-likeness (QED) is 0.0244. The number of aliphatic hydroxyl groups excluding tert-OH is 2. The van der Waals surface area contributed by atoms with E-state index in [2.05, 4.69) is 62.5 Å². The van der Waals surface area contributed by atoms with Crippen molar-refractivity contribution in [2.24, 2.45) is 0 Å². The summed E-state index contributed by atoms with van der Waals surface area (Å²) in [6.45, 7) is 6.49. The summed E-state index contributed by atoms with van der Waals surface area (Å²) in [5.41, 5.74) is 0. The third kappa shape index (κ3) is 48.3. The summed E-state index contributed by atoms with van der Waals surface area (Å²) in [5.74, 6) is -0.510. The van der Waals surface area contributed by atoms with Gasteiger partial charge in [-0.25, -0.2) is 0 Å². The van der Waals surface area contributed by atoms with Crippen molar-refractivity contribution in [3.8, 4) is 0 Å². The van der Waals surface area contributed by atoms with Gasteiger partial charge < -0.3 is 20.3 Å². The number of ether oxygens (including phenoxy) is 1. The summed E-state index contributed by atoms with van der Waals surface area (Å²) in [5, 5.41) is 23.8. The lowest BCUT2D eigenvalue weighted by molar-refractivity contribution is -0.151. The van der Waals surface area contributed by atoms with Crippen LogP contribution in [0.5, 0.6) is 0 Å². The molecule has 3 unspecified atom stereocenters. The number of esters is 1. The maximum absolute atomic E-state index is 13.2. The molecule has 0 saturated carbocycles. The summed E-state index contributed by atoms with van der Waals surface area (Å²) in [6, 6.07) is -0.714. The van der Waals surface area contributed by atoms with E-state index in [1.54, 1.807) is 0 Å². The highest BCUT2D eigenvalue weighted by Crippen LogP contribution is 2.18. The highest BCUT2D eigenvalue weighted by Gasteiger charge is 2.24. The van der Waals surface area contributed by atoms with Gasteiger partial charge in [-0.15, -0.1) is 0 Å². The topological polar surface area (TPSA) is 95.9 Å². The fourth-order valence-corrected chi connectivity index (χ4v) is 8.84. The van der Waals surface area contributed by atoms with Gasteiger partial charge in [-0.2, -0.15) is 0 Å². The predicted octanol–water partition coefficient (Wildman–Crippen LogP) is 17.6. The molecular weight excluding hydrogens is 803 g/mol. The third-order valence-electron chi connectivity index (χ3n) is 13.2. The standard InChI is InChI=1S/C59H111NO5/c1-4-7-10-13-16-19-22-25-27-28-29-30-31-34-37-40-43-46-49-52-59(64)65-55(50-47-44-41-38-35-33-26-23-20-17-14-11-8-5-2)53-58(63)60-56(54-61)57(62)51-48-45-42-39-36-32-24-21-18-15-12-9-6-3/h25,27,33,35,38,41,55-57,61-62H,4-24,26,28-32,34,36-37,39-40,42-54H2,1-3H3,(H,60,63)/b27-25+,35-33+,41-38+. The Balaban J connectivity index is 4.56. The predicted molar refractivity (Wildman–Crippen MR) is 282 cm³/mol. The average Bonchev–Trinajstić information content (AvgIpc) is 3.30. The maximum atomic E-state index is 13.2. The normalized spacial score (nSPS) is 13.4. The third-order valence-corrected chi connectivity index (χ3v) is 13.2. The molecular formula is C59H111NO5. The number of hydrogen-bond donors (Lipinski definition) is 3. The van der Waals surface area contributed by atoms with Gasteiger partial charge in [-0.05, 0) is 70.6 Å². The molecule has 0 radical (unpaired) electrons. The second-order valence-corrected chi connectivity index (χ2v) is 19.7. The SMILES string of the molecule is CCCCCCCC/C=C/CCCCCCCCCCCC(=O)OC(CCC/C=C/C=C/CCCCCCCCC)CC(=O)NC(CO)C(O)CCCCCCCCCCCCCCC. The molecule has 0 rings (SSSR count). The second kappa shape index (κ2) is 53.0. The van der Waals surface area contributed by atoms with Crippen LogP contribution in [0.15, 0.2) is 36.5 Å². The lowest BCUT2D eigenvalue weighted by Gasteiger charge is -2.24. The first-order chi connectivity index (χ1) is 32.0. The number of aliphatic hydroxyl groups is 2. The number of carbonyl (C=O) groups excluding carboxylic acids is 2. The molecule has 3 atom stereocenters. The highest BCUT2D eigenvalue weighted by molar-refractivity contribution is 5.77. The second-order valence-electron chi connectivity index (χ2n) is 19.7. The van der Waals surface area contributed by atoms with E-state index in [0.717, 1.165) is 57.8 Å². The Morgan fingerprint density at radius 2 is 0.800 bits per heavy atom. The first-order valence-electron chi connectivity index (χ1n) is 28.7. The number of hydrogen-bond acceptors (Lipinski definition) is 5. The molecule has 0 aromatic heterocycles. The first kappa shape index (κ1) is 63.1. The molecule has 0 aliphatic rings. The zero-order valence-corrected chi connectivity index (χ0v) is 43.6. The van der Waals surface area contributed by atoms with Crippen LogP contribution >= 0.6 is 0 Å². The molecule has 1 amide bonds. The molecule has 0 spiro atoms. The number of amides is 1. The van der Waals surface area contributed by atoms with E-state index >= 15 is 0 Å². The minimum absolute atomic E-state index is 0.0469. The van der Waals surface area contributed by atoms with E-state index in [1.807, 2.05) is 0 Å². The first-order valence-corrected chi connectivity index (χ1v) is 28.7. The van der Waals surface area contributed by atoms with Crippen molar-refractivity contribution in [1.29, 1.82) is 0 Å². The Morgan fingerprint density at radius 1 is 0.446 bits per heavy atom. The van der Waals surface area contributed by atoms with Crippen molar-refractivity contribution in [3.05, 3.63) is 36.5 Å². The van der Waals surface area contributed by atoms with E-state index < -0.39 is 18.2 Å². The summed E-state index contributed by atoms with van der Waals surface area (Å²) in [7, 11) is 0. The number of rotatable bonds is 52. The fraction of sp³-hybridized carbons (Fsp3) is 0.864. The van der Waals surface area contributed by atoms with Crippen LogP contribution < -0.4 is 5.32 Å². The molecule has 0 aromatic carbocycles. The van der Waals surface area contributed by atoms with E-state index in [1.165, 1.54) is 199 Å². The Bertz CT molecular complexity index is 1070. The van der Waals surface area contributed by atoms with Crippen LogP contribution in [0.1, 0.15) is 303 Å². The molecule has 382 valence electrons. The molecule has 0 aromatic rings. The lowest BCUT2D eigenvalue weighted by Crippen LogP contribution is -2.46. The van der Waals surface area contributed by atoms with Gasteiger partial charge in [0.1, 0.15) is 6.10 Å². The van der Waals surface area contributed by atoms with E-state index in [-0.39, 0.29) is 24.9 Å². The summed E-state index contributed by atoms with van der Waals surface area (Å²) >= 11 is 0. The average molecular weight is 915 g/mol. The van der Waals surface area contributed by atoms with Crippen molar-refractivity contribution < 1.29 is 24.5 Å². The maximum Gasteiger partial charge on any atom is 0.306 e. The summed E-state index contributed by atoms with van der Waals surface area (Å²) in [4.78, 5) is 26.2. The number of carbonyl (C=O) groups is 2. The zero-order chi connectivity index (χ0) is 47.4. The molecule has 0 saturated heterocycles. The van der Waals surface area contributed by atoms with Crippen LogP contribution in [0.2, 0.25) is 0 Å². The van der Waals surface area contributed by atoms with Crippen LogP contribution in [0.3, 0.4) is 0 Å². The van der Waals surface area contributed by atoms with Crippen LogP contribution in [-0.4, -0.2) is 46.9 Å². The smallest absolute Gasteiger partial charge is 0.306 e. The Labute approximate surface area is 404 Å². The Morgan fingerprint density at radius 3 is 1.22 bits per heavy atom.